The number of nitrogens with zero attached hydrogens (tertiary/aromatic N) is 1. The van der Waals surface area contributed by atoms with E-state index in [9.17, 15) is 0 Å². The van der Waals surface area contributed by atoms with Crippen LogP contribution in [0.5, 0.6) is 0 Å². The van der Waals surface area contributed by atoms with Gasteiger partial charge in [0.25, 0.3) is 0 Å². The summed E-state index contributed by atoms with van der Waals surface area (Å²) >= 11 is 15.2. The van der Waals surface area contributed by atoms with E-state index in [4.69, 9.17) is 27.7 Å². The lowest BCUT2D eigenvalue weighted by Crippen LogP contribution is -1.87. The molecule has 0 aliphatic heterocycles. The molecule has 0 aliphatic carbocycles. The number of rotatable bonds is 2. The Bertz CT molecular complexity index is 510. The minimum absolute atomic E-state index is 0.519. The lowest BCUT2D eigenvalue weighted by atomic mass is 10.1. The molecule has 0 amide bonds. The van der Waals surface area contributed by atoms with Crippen LogP contribution in [-0.4, -0.2) is 11.0 Å². The van der Waals surface area contributed by atoms with E-state index in [1.807, 2.05) is 13.0 Å². The molecule has 0 saturated heterocycles. The molecular formula is C10H8BrCl2NO. The highest BCUT2D eigenvalue weighted by Crippen LogP contribution is 2.34. The van der Waals surface area contributed by atoms with Gasteiger partial charge in [0.15, 0.2) is 5.58 Å². The summed E-state index contributed by atoms with van der Waals surface area (Å²) < 4.78 is 6.11. The van der Waals surface area contributed by atoms with Gasteiger partial charge in [0.2, 0.25) is 0 Å². The highest BCUT2D eigenvalue weighted by molar-refractivity contribution is 9.10. The topological polar surface area (TPSA) is 26.0 Å². The summed E-state index contributed by atoms with van der Waals surface area (Å²) in [4.78, 5) is 0. The second-order valence-corrected chi connectivity index (χ2v) is 4.82. The molecule has 0 saturated carbocycles. The Morgan fingerprint density at radius 1 is 1.53 bits per heavy atom. The molecule has 2 aromatic rings. The fourth-order valence-electron chi connectivity index (χ4n) is 1.42. The zero-order valence-electron chi connectivity index (χ0n) is 7.98. The standard InChI is InChI=1S/C10H8BrCl2NO/c1-5-7(13)4-6-8(2-3-12)14-15-10(6)9(5)11/h4H,2-3H2,1H3. The van der Waals surface area contributed by atoms with Crippen molar-refractivity contribution in [1.82, 2.24) is 5.16 Å². The van der Waals surface area contributed by atoms with Gasteiger partial charge in [0.1, 0.15) is 0 Å². The highest BCUT2D eigenvalue weighted by atomic mass is 79.9. The molecule has 5 heteroatoms. The molecule has 0 atom stereocenters. The smallest absolute Gasteiger partial charge is 0.181 e. The summed E-state index contributed by atoms with van der Waals surface area (Å²) in [5.74, 6) is 0.519. The van der Waals surface area contributed by atoms with Crippen LogP contribution in [0.25, 0.3) is 11.0 Å². The largest absolute Gasteiger partial charge is 0.355 e. The van der Waals surface area contributed by atoms with Gasteiger partial charge in [-0.05, 0) is 34.5 Å². The Morgan fingerprint density at radius 2 is 2.27 bits per heavy atom. The second kappa shape index (κ2) is 4.32. The summed E-state index contributed by atoms with van der Waals surface area (Å²) in [6.07, 6.45) is 0.681. The van der Waals surface area contributed by atoms with Crippen LogP contribution in [0.4, 0.5) is 0 Å². The van der Waals surface area contributed by atoms with Gasteiger partial charge in [-0.15, -0.1) is 11.6 Å². The minimum atomic E-state index is 0.519. The second-order valence-electron chi connectivity index (χ2n) is 3.24. The maximum Gasteiger partial charge on any atom is 0.181 e. The maximum atomic E-state index is 6.09. The fraction of sp³-hybridized carbons (Fsp3) is 0.300. The molecule has 2 rings (SSSR count). The van der Waals surface area contributed by atoms with Gasteiger partial charge >= 0.3 is 0 Å². The van der Waals surface area contributed by atoms with Crippen molar-refractivity contribution in [3.8, 4) is 0 Å². The number of aryl methyl sites for hydroxylation is 1. The minimum Gasteiger partial charge on any atom is -0.355 e. The molecule has 2 nitrogen and oxygen atoms in total. The zero-order valence-corrected chi connectivity index (χ0v) is 11.1. The van der Waals surface area contributed by atoms with E-state index >= 15 is 0 Å². The first-order valence-corrected chi connectivity index (χ1v) is 6.14. The average Bonchev–Trinajstić information content (AvgIpc) is 2.59. The molecular weight excluding hydrogens is 301 g/mol. The molecule has 1 aromatic carbocycles. The number of fused-ring (bicyclic) bond motifs is 1. The lowest BCUT2D eigenvalue weighted by Gasteiger charge is -2.01. The van der Waals surface area contributed by atoms with E-state index in [2.05, 4.69) is 21.1 Å². The summed E-state index contributed by atoms with van der Waals surface area (Å²) in [6.45, 7) is 1.93. The van der Waals surface area contributed by atoms with Crippen molar-refractivity contribution in [3.05, 3.63) is 26.8 Å². The summed E-state index contributed by atoms with van der Waals surface area (Å²) in [5.41, 5.74) is 2.54. The van der Waals surface area contributed by atoms with Gasteiger partial charge < -0.3 is 4.52 Å². The van der Waals surface area contributed by atoms with Crippen molar-refractivity contribution in [3.63, 3.8) is 0 Å². The molecule has 0 aliphatic rings. The summed E-state index contributed by atoms with van der Waals surface area (Å²) in [5, 5.41) is 5.61. The van der Waals surface area contributed by atoms with Crippen LogP contribution >= 0.6 is 39.1 Å². The average molecular weight is 309 g/mol. The van der Waals surface area contributed by atoms with E-state index in [1.165, 1.54) is 0 Å². The van der Waals surface area contributed by atoms with Crippen LogP contribution in [0.15, 0.2) is 15.1 Å². The molecule has 0 spiro atoms. The van der Waals surface area contributed by atoms with E-state index in [0.29, 0.717) is 17.3 Å². The Hall–Kier alpha value is -0.250. The predicted molar refractivity (Wildman–Crippen MR) is 65.9 cm³/mol. The van der Waals surface area contributed by atoms with Crippen LogP contribution in [-0.2, 0) is 6.42 Å². The lowest BCUT2D eigenvalue weighted by molar-refractivity contribution is 0.446. The van der Waals surface area contributed by atoms with Crippen molar-refractivity contribution < 1.29 is 4.52 Å². The number of halogens is 3. The molecule has 0 bridgehead atoms. The Balaban J connectivity index is 2.71. The van der Waals surface area contributed by atoms with Crippen molar-refractivity contribution >= 4 is 50.1 Å². The Kier molecular flexibility index (Phi) is 3.24. The van der Waals surface area contributed by atoms with Crippen LogP contribution < -0.4 is 0 Å². The van der Waals surface area contributed by atoms with E-state index in [0.717, 1.165) is 26.7 Å². The van der Waals surface area contributed by atoms with Crippen molar-refractivity contribution in [1.29, 1.82) is 0 Å². The summed E-state index contributed by atoms with van der Waals surface area (Å²) in [7, 11) is 0. The normalized spacial score (nSPS) is 11.2. The molecule has 0 N–H and O–H groups in total. The number of aromatic nitrogens is 1. The van der Waals surface area contributed by atoms with Gasteiger partial charge in [-0.1, -0.05) is 16.8 Å². The van der Waals surface area contributed by atoms with E-state index in [1.54, 1.807) is 0 Å². The van der Waals surface area contributed by atoms with Crippen LogP contribution in [0, 0.1) is 6.92 Å². The van der Waals surface area contributed by atoms with Gasteiger partial charge in [-0.25, -0.2) is 0 Å². The molecule has 1 heterocycles. The highest BCUT2D eigenvalue weighted by Gasteiger charge is 2.14. The van der Waals surface area contributed by atoms with Gasteiger partial charge in [0.05, 0.1) is 10.2 Å². The van der Waals surface area contributed by atoms with Gasteiger partial charge in [-0.3, -0.25) is 0 Å². The first kappa shape index (κ1) is 11.2. The number of hydrogen-bond donors (Lipinski definition) is 0. The van der Waals surface area contributed by atoms with Crippen LogP contribution in [0.3, 0.4) is 0 Å². The third-order valence-electron chi connectivity index (χ3n) is 2.29. The first-order chi connectivity index (χ1) is 7.15. The molecule has 0 radical (unpaired) electrons. The number of benzene rings is 1. The molecule has 80 valence electrons. The van der Waals surface area contributed by atoms with Crippen molar-refractivity contribution in [2.45, 2.75) is 13.3 Å². The summed E-state index contributed by atoms with van der Waals surface area (Å²) in [6, 6.07) is 1.87. The zero-order chi connectivity index (χ0) is 11.0. The fourth-order valence-corrected chi connectivity index (χ4v) is 2.41. The molecule has 1 aromatic heterocycles. The SMILES string of the molecule is Cc1c(Cl)cc2c(CCCl)noc2c1Br. The molecule has 0 fully saturated rings. The van der Waals surface area contributed by atoms with Gasteiger partial charge in [-0.2, -0.15) is 0 Å². The monoisotopic (exact) mass is 307 g/mol. The van der Waals surface area contributed by atoms with Gasteiger partial charge in [0, 0.05) is 22.7 Å². The number of alkyl halides is 1. The van der Waals surface area contributed by atoms with E-state index < -0.39 is 0 Å². The number of hydrogen-bond acceptors (Lipinski definition) is 2. The third-order valence-corrected chi connectivity index (χ3v) is 3.83. The Labute approximate surface area is 106 Å². The quantitative estimate of drug-likeness (QED) is 0.772. The van der Waals surface area contributed by atoms with Crippen LogP contribution in [0.2, 0.25) is 5.02 Å². The van der Waals surface area contributed by atoms with Crippen molar-refractivity contribution in [2.24, 2.45) is 0 Å². The van der Waals surface area contributed by atoms with Crippen molar-refractivity contribution in [2.75, 3.05) is 5.88 Å². The Morgan fingerprint density at radius 3 is 2.93 bits per heavy atom. The van der Waals surface area contributed by atoms with E-state index in [-0.39, 0.29) is 0 Å². The first-order valence-electron chi connectivity index (χ1n) is 4.44. The van der Waals surface area contributed by atoms with Crippen LogP contribution in [0.1, 0.15) is 11.3 Å². The predicted octanol–water partition coefficient (Wildman–Crippen LogP) is 4.33. The molecule has 0 unspecified atom stereocenters. The maximum absolute atomic E-state index is 6.09. The molecule has 15 heavy (non-hydrogen) atoms. The third kappa shape index (κ3) is 1.88.